The van der Waals surface area contributed by atoms with Crippen molar-refractivity contribution in [1.29, 1.82) is 0 Å². The number of carbonyl (C=O) groups is 4. The van der Waals surface area contributed by atoms with E-state index in [0.717, 1.165) is 38.8 Å². The van der Waals surface area contributed by atoms with Crippen LogP contribution in [0.2, 0.25) is 0 Å². The first-order valence-corrected chi connectivity index (χ1v) is 15.2. The first kappa shape index (κ1) is 40.2. The number of hydrogen-bond donors (Lipinski definition) is 1. The zero-order chi connectivity index (χ0) is 32.0. The Morgan fingerprint density at radius 3 is 1.83 bits per heavy atom. The highest BCUT2D eigenvalue weighted by Gasteiger charge is 2.26. The fourth-order valence-electron chi connectivity index (χ4n) is 3.22. The Bertz CT molecular complexity index is 876. The molecule has 1 rings (SSSR count). The summed E-state index contributed by atoms with van der Waals surface area (Å²) in [6.45, 7) is 22.3. The van der Waals surface area contributed by atoms with Gasteiger partial charge in [0.2, 0.25) is 5.91 Å². The topological polar surface area (TPSA) is 110 Å². The summed E-state index contributed by atoms with van der Waals surface area (Å²) >= 11 is 0. The van der Waals surface area contributed by atoms with E-state index in [-0.39, 0.29) is 30.4 Å². The van der Waals surface area contributed by atoms with Crippen molar-refractivity contribution in [2.75, 3.05) is 26.3 Å². The van der Waals surface area contributed by atoms with Crippen LogP contribution in [0.4, 0.5) is 0 Å². The molecule has 0 aliphatic carbocycles. The Morgan fingerprint density at radius 1 is 0.854 bits per heavy atom. The number of hydrogen-bond acceptors (Lipinski definition) is 6. The van der Waals surface area contributed by atoms with Crippen LogP contribution in [0.3, 0.4) is 0 Å². The van der Waals surface area contributed by atoms with Gasteiger partial charge in [0.15, 0.2) is 0 Å². The Kier molecular flexibility index (Phi) is 22.3. The van der Waals surface area contributed by atoms with E-state index in [9.17, 15) is 19.2 Å². The van der Waals surface area contributed by atoms with Crippen LogP contribution in [-0.4, -0.2) is 60.1 Å². The third-order valence-electron chi connectivity index (χ3n) is 7.11. The Hall–Kier alpha value is -2.90. The minimum absolute atomic E-state index is 0.190. The summed E-state index contributed by atoms with van der Waals surface area (Å²) in [7, 11) is 0. The lowest BCUT2D eigenvalue weighted by Crippen LogP contribution is -2.34. The number of esters is 2. The lowest BCUT2D eigenvalue weighted by molar-refractivity contribution is -0.155. The molecule has 8 nitrogen and oxygen atoms in total. The summed E-state index contributed by atoms with van der Waals surface area (Å²) in [5.41, 5.74) is 1.11. The van der Waals surface area contributed by atoms with E-state index in [1.54, 1.807) is 12.1 Å². The molecule has 8 heteroatoms. The molecule has 0 bridgehead atoms. The van der Waals surface area contributed by atoms with Crippen LogP contribution in [0.15, 0.2) is 24.3 Å². The van der Waals surface area contributed by atoms with Crippen molar-refractivity contribution in [2.45, 2.75) is 114 Å². The van der Waals surface area contributed by atoms with E-state index < -0.39 is 11.4 Å². The number of rotatable bonds is 15. The summed E-state index contributed by atoms with van der Waals surface area (Å²) in [6.07, 6.45) is 4.41. The van der Waals surface area contributed by atoms with Gasteiger partial charge in [-0.3, -0.25) is 14.4 Å². The van der Waals surface area contributed by atoms with Gasteiger partial charge in [0.25, 0.3) is 0 Å². The van der Waals surface area contributed by atoms with E-state index in [4.69, 9.17) is 14.6 Å². The summed E-state index contributed by atoms with van der Waals surface area (Å²) in [6, 6.07) is 7.09. The second-order valence-electron chi connectivity index (χ2n) is 10.8. The molecule has 1 N–H and O–H groups in total. The lowest BCUT2D eigenvalue weighted by Gasteiger charge is -2.21. The molecule has 0 aromatic heterocycles. The molecule has 1 aromatic carbocycles. The molecule has 0 spiro atoms. The minimum Gasteiger partial charge on any atom is -0.478 e. The van der Waals surface area contributed by atoms with Gasteiger partial charge >= 0.3 is 17.9 Å². The molecule has 0 fully saturated rings. The number of benzene rings is 1. The summed E-state index contributed by atoms with van der Waals surface area (Å²) in [4.78, 5) is 46.6. The lowest BCUT2D eigenvalue weighted by atomic mass is 9.91. The number of amides is 1. The highest BCUT2D eigenvalue weighted by molar-refractivity contribution is 5.87. The first-order valence-electron chi connectivity index (χ1n) is 15.2. The molecule has 41 heavy (non-hydrogen) atoms. The van der Waals surface area contributed by atoms with Crippen molar-refractivity contribution in [1.82, 2.24) is 4.90 Å². The van der Waals surface area contributed by atoms with Gasteiger partial charge in [0.05, 0.1) is 24.2 Å². The van der Waals surface area contributed by atoms with Crippen molar-refractivity contribution in [3.05, 3.63) is 35.4 Å². The van der Waals surface area contributed by atoms with Crippen molar-refractivity contribution >= 4 is 23.8 Å². The van der Waals surface area contributed by atoms with Crippen LogP contribution < -0.4 is 0 Å². The van der Waals surface area contributed by atoms with Gasteiger partial charge in [0, 0.05) is 25.4 Å². The number of carboxylic acid groups (broad SMARTS) is 1. The molecule has 1 amide bonds. The Balaban J connectivity index is 0. The summed E-state index contributed by atoms with van der Waals surface area (Å²) in [5.74, 6) is -0.314. The molecule has 1 aromatic rings. The van der Waals surface area contributed by atoms with Crippen LogP contribution in [0.1, 0.15) is 130 Å². The predicted octanol–water partition coefficient (Wildman–Crippen LogP) is 7.50. The molecule has 2 atom stereocenters. The van der Waals surface area contributed by atoms with Crippen LogP contribution in [-0.2, 0) is 23.9 Å². The number of carboxylic acids is 1. The van der Waals surface area contributed by atoms with E-state index in [1.165, 1.54) is 5.56 Å². The third kappa shape index (κ3) is 17.5. The van der Waals surface area contributed by atoms with Gasteiger partial charge in [0.1, 0.15) is 0 Å². The Labute approximate surface area is 249 Å². The van der Waals surface area contributed by atoms with Crippen molar-refractivity contribution in [3.8, 4) is 0 Å². The molecule has 0 saturated heterocycles. The fourth-order valence-corrected chi connectivity index (χ4v) is 3.22. The van der Waals surface area contributed by atoms with Gasteiger partial charge < -0.3 is 19.5 Å². The van der Waals surface area contributed by atoms with Gasteiger partial charge in [-0.05, 0) is 83.4 Å². The van der Waals surface area contributed by atoms with Crippen molar-refractivity contribution in [3.63, 3.8) is 0 Å². The zero-order valence-electron chi connectivity index (χ0n) is 27.4. The molecular weight excluding hydrogens is 522 g/mol. The molecule has 0 heterocycles. The maximum Gasteiger partial charge on any atom is 0.335 e. The van der Waals surface area contributed by atoms with Crippen LogP contribution in [0.25, 0.3) is 0 Å². The SMILES string of the molecule is CCC(C)C(=O)N(CC)CC.CCC(C)c1ccc(C(=O)O)cc1.CCCOC(=O)CCCOC(=O)C(C)(C)CC. The number of aromatic carboxylic acids is 1. The monoisotopic (exact) mass is 579 g/mol. The second kappa shape index (κ2) is 22.8. The normalized spacial score (nSPS) is 12.0. The smallest absolute Gasteiger partial charge is 0.335 e. The molecule has 236 valence electrons. The average Bonchev–Trinajstić information content (AvgIpc) is 2.98. The van der Waals surface area contributed by atoms with E-state index in [2.05, 4.69) is 13.8 Å². The van der Waals surface area contributed by atoms with Crippen LogP contribution >= 0.6 is 0 Å². The highest BCUT2D eigenvalue weighted by Crippen LogP contribution is 2.21. The molecule has 0 radical (unpaired) electrons. The molecule has 0 saturated carbocycles. The molecule has 2 unspecified atom stereocenters. The summed E-state index contributed by atoms with van der Waals surface area (Å²) < 4.78 is 10.0. The zero-order valence-corrected chi connectivity index (χ0v) is 27.4. The van der Waals surface area contributed by atoms with Gasteiger partial charge in [-0.1, -0.05) is 53.7 Å². The van der Waals surface area contributed by atoms with Gasteiger partial charge in [-0.2, -0.15) is 0 Å². The van der Waals surface area contributed by atoms with Gasteiger partial charge in [-0.15, -0.1) is 0 Å². The average molecular weight is 580 g/mol. The number of ether oxygens (including phenoxy) is 2. The van der Waals surface area contributed by atoms with Crippen molar-refractivity contribution in [2.24, 2.45) is 11.3 Å². The van der Waals surface area contributed by atoms with E-state index >= 15 is 0 Å². The predicted molar refractivity (Wildman–Crippen MR) is 165 cm³/mol. The van der Waals surface area contributed by atoms with E-state index in [1.807, 2.05) is 72.4 Å². The number of carbonyl (C=O) groups excluding carboxylic acids is 3. The molecule has 0 aliphatic heterocycles. The number of nitrogens with zero attached hydrogens (tertiary/aromatic N) is 1. The Morgan fingerprint density at radius 2 is 1.41 bits per heavy atom. The highest BCUT2D eigenvalue weighted by atomic mass is 16.5. The van der Waals surface area contributed by atoms with Crippen LogP contribution in [0, 0.1) is 11.3 Å². The summed E-state index contributed by atoms with van der Waals surface area (Å²) in [5, 5.41) is 8.67. The van der Waals surface area contributed by atoms with E-state index in [0.29, 0.717) is 30.9 Å². The molecular formula is C33H57NO7. The van der Waals surface area contributed by atoms with Crippen molar-refractivity contribution < 1.29 is 33.8 Å². The minimum atomic E-state index is -0.865. The fraction of sp³-hybridized carbons (Fsp3) is 0.697. The second-order valence-corrected chi connectivity index (χ2v) is 10.8. The molecule has 0 aliphatic rings. The third-order valence-corrected chi connectivity index (χ3v) is 7.11. The first-order chi connectivity index (χ1) is 19.3. The quantitative estimate of drug-likeness (QED) is 0.169. The maximum absolute atomic E-state index is 11.6. The largest absolute Gasteiger partial charge is 0.478 e. The van der Waals surface area contributed by atoms with Gasteiger partial charge in [-0.25, -0.2) is 4.79 Å². The van der Waals surface area contributed by atoms with Crippen LogP contribution in [0.5, 0.6) is 0 Å². The standard InChI is InChI=1S/C13H24O4.C11H14O2.C9H19NO/c1-5-9-16-11(14)8-7-10-17-12(15)13(3,4)6-2;1-3-8(2)9-4-6-10(7-5-9)11(12)13;1-5-8(4)9(11)10(6-2)7-3/h5-10H2,1-4H3;4-8H,3H2,1-2H3,(H,12,13);8H,5-7H2,1-4H3. The maximum atomic E-state index is 11.6.